The Morgan fingerprint density at radius 2 is 2.10 bits per heavy atom. The van der Waals surface area contributed by atoms with Gasteiger partial charge in [-0.3, -0.25) is 0 Å². The number of hydrogen-bond acceptors (Lipinski definition) is 4. The zero-order chi connectivity index (χ0) is 20.8. The van der Waals surface area contributed by atoms with Crippen molar-refractivity contribution in [1.29, 1.82) is 0 Å². The van der Waals surface area contributed by atoms with Crippen LogP contribution >= 0.6 is 11.6 Å². The molecule has 1 aliphatic rings. The van der Waals surface area contributed by atoms with Crippen LogP contribution in [-0.2, 0) is 11.4 Å². The summed E-state index contributed by atoms with van der Waals surface area (Å²) in [7, 11) is 1.63. The van der Waals surface area contributed by atoms with Gasteiger partial charge in [-0.2, -0.15) is 0 Å². The van der Waals surface area contributed by atoms with Gasteiger partial charge in [0, 0.05) is 29.6 Å². The van der Waals surface area contributed by atoms with E-state index in [-0.39, 0.29) is 18.2 Å². The summed E-state index contributed by atoms with van der Waals surface area (Å²) < 4.78 is 5.42. The number of hydrogen-bond donors (Lipinski definition) is 1. The van der Waals surface area contributed by atoms with Crippen molar-refractivity contribution in [3.8, 4) is 5.75 Å². The average molecular weight is 416 g/mol. The van der Waals surface area contributed by atoms with Crippen molar-refractivity contribution >= 4 is 23.3 Å². The molecule has 1 aliphatic heterocycles. The second-order valence-corrected chi connectivity index (χ2v) is 7.72. The number of carbonyl (C=O) groups excluding carboxylic acids is 1. The highest BCUT2D eigenvalue weighted by Crippen LogP contribution is 2.25. The molecule has 1 heterocycles. The van der Waals surface area contributed by atoms with Gasteiger partial charge in [-0.05, 0) is 43.7 Å². The molecule has 2 amide bonds. The molecule has 2 aromatic carbocycles. The first kappa shape index (κ1) is 21.0. The molecule has 1 atom stereocenters. The van der Waals surface area contributed by atoms with Crippen LogP contribution in [0.25, 0.3) is 0 Å². The number of carbonyl (C=O) groups is 1. The van der Waals surface area contributed by atoms with E-state index < -0.39 is 0 Å². The first-order chi connectivity index (χ1) is 14.0. The van der Waals surface area contributed by atoms with Gasteiger partial charge >= 0.3 is 6.03 Å². The lowest BCUT2D eigenvalue weighted by Gasteiger charge is -2.26. The Balaban J connectivity index is 1.70. The lowest BCUT2D eigenvalue weighted by atomic mass is 10.0. The maximum absolute atomic E-state index is 12.8. The molecule has 0 bridgehead atoms. The second-order valence-electron chi connectivity index (χ2n) is 7.28. The Hall–Kier alpha value is -2.73. The summed E-state index contributed by atoms with van der Waals surface area (Å²) in [4.78, 5) is 20.1. The minimum atomic E-state index is -0.230. The van der Waals surface area contributed by atoms with Gasteiger partial charge in [0.05, 0.1) is 19.4 Å². The predicted octanol–water partition coefficient (Wildman–Crippen LogP) is 4.46. The van der Waals surface area contributed by atoms with Gasteiger partial charge in [0.2, 0.25) is 0 Å². The quantitative estimate of drug-likeness (QED) is 0.726. The van der Waals surface area contributed by atoms with Gasteiger partial charge in [-0.25, -0.2) is 4.79 Å². The molecule has 0 radical (unpaired) electrons. The molecule has 0 unspecified atom stereocenters. The number of nitrogens with zero attached hydrogens (tertiary/aromatic N) is 2. The van der Waals surface area contributed by atoms with Crippen molar-refractivity contribution in [2.45, 2.75) is 39.0 Å². The van der Waals surface area contributed by atoms with Gasteiger partial charge in [0.1, 0.15) is 5.75 Å². The first-order valence-electron chi connectivity index (χ1n) is 9.62. The van der Waals surface area contributed by atoms with Crippen LogP contribution in [0.2, 0.25) is 5.02 Å². The monoisotopic (exact) mass is 415 g/mol. The molecule has 154 valence electrons. The maximum atomic E-state index is 12.8. The van der Waals surface area contributed by atoms with Gasteiger partial charge in [0.25, 0.3) is 0 Å². The van der Waals surface area contributed by atoms with E-state index in [9.17, 15) is 4.79 Å². The molecule has 0 spiro atoms. The van der Waals surface area contributed by atoms with Gasteiger partial charge < -0.3 is 19.8 Å². The van der Waals surface area contributed by atoms with Crippen molar-refractivity contribution in [2.75, 3.05) is 13.7 Å². The third-order valence-electron chi connectivity index (χ3n) is 4.54. The van der Waals surface area contributed by atoms with E-state index in [1.807, 2.05) is 62.4 Å². The molecule has 0 saturated carbocycles. The average Bonchev–Trinajstić information content (AvgIpc) is 3.15. The van der Waals surface area contributed by atoms with E-state index in [4.69, 9.17) is 21.2 Å². The smallest absolute Gasteiger partial charge is 0.318 e. The minimum absolute atomic E-state index is 0.0363. The molecule has 1 N–H and O–H groups in total. The van der Waals surface area contributed by atoms with E-state index in [1.54, 1.807) is 12.0 Å². The molecule has 7 heteroatoms. The topological polar surface area (TPSA) is 63.2 Å². The zero-order valence-electron chi connectivity index (χ0n) is 16.9. The fourth-order valence-electron chi connectivity index (χ4n) is 3.23. The second kappa shape index (κ2) is 9.65. The number of rotatable bonds is 7. The Morgan fingerprint density at radius 1 is 1.31 bits per heavy atom. The number of benzene rings is 2. The zero-order valence-corrected chi connectivity index (χ0v) is 17.6. The molecule has 0 saturated heterocycles. The van der Waals surface area contributed by atoms with Crippen LogP contribution in [-0.4, -0.2) is 42.4 Å². The molecule has 6 nitrogen and oxygen atoms in total. The van der Waals surface area contributed by atoms with Gasteiger partial charge in [-0.15, -0.1) is 0 Å². The van der Waals surface area contributed by atoms with Crippen LogP contribution in [0.4, 0.5) is 4.79 Å². The van der Waals surface area contributed by atoms with Crippen LogP contribution in [0.15, 0.2) is 53.7 Å². The highest BCUT2D eigenvalue weighted by Gasteiger charge is 2.28. The number of para-hydroxylation sites is 1. The van der Waals surface area contributed by atoms with Crippen molar-refractivity contribution in [3.05, 3.63) is 64.7 Å². The number of halogens is 1. The number of amides is 2. The fourth-order valence-corrected chi connectivity index (χ4v) is 3.44. The summed E-state index contributed by atoms with van der Waals surface area (Å²) in [6, 6.07) is 15.1. The SMILES string of the molecule is COc1ccccc1C1=NO[C@H](CN(Cc2cccc(Cl)c2)C(=O)NC(C)C)C1. The molecule has 2 aromatic rings. The molecular weight excluding hydrogens is 390 g/mol. The highest BCUT2D eigenvalue weighted by molar-refractivity contribution is 6.30. The lowest BCUT2D eigenvalue weighted by molar-refractivity contribution is 0.0586. The van der Waals surface area contributed by atoms with Gasteiger partial charge in [0.15, 0.2) is 6.10 Å². The molecule has 0 aromatic heterocycles. The number of methoxy groups -OCH3 is 1. The molecule has 0 aliphatic carbocycles. The third kappa shape index (κ3) is 5.64. The van der Waals surface area contributed by atoms with Crippen LogP contribution in [0.3, 0.4) is 0 Å². The predicted molar refractivity (Wildman–Crippen MR) is 115 cm³/mol. The minimum Gasteiger partial charge on any atom is -0.496 e. The highest BCUT2D eigenvalue weighted by atomic mass is 35.5. The number of urea groups is 1. The van der Waals surface area contributed by atoms with Crippen molar-refractivity contribution in [2.24, 2.45) is 5.16 Å². The number of nitrogens with one attached hydrogen (secondary N) is 1. The van der Waals surface area contributed by atoms with E-state index in [0.29, 0.717) is 24.5 Å². The number of ether oxygens (including phenoxy) is 1. The normalized spacial score (nSPS) is 15.6. The third-order valence-corrected chi connectivity index (χ3v) is 4.77. The van der Waals surface area contributed by atoms with Crippen LogP contribution in [0, 0.1) is 0 Å². The van der Waals surface area contributed by atoms with E-state index >= 15 is 0 Å². The molecule has 3 rings (SSSR count). The Labute approximate surface area is 176 Å². The van der Waals surface area contributed by atoms with Crippen molar-refractivity contribution < 1.29 is 14.4 Å². The summed E-state index contributed by atoms with van der Waals surface area (Å²) in [6.45, 7) is 4.71. The molecular formula is C22H26ClN3O3. The summed E-state index contributed by atoms with van der Waals surface area (Å²) in [5.41, 5.74) is 2.69. The Morgan fingerprint density at radius 3 is 2.83 bits per heavy atom. The fraction of sp³-hybridized carbons (Fsp3) is 0.364. The lowest BCUT2D eigenvalue weighted by Crippen LogP contribution is -2.45. The summed E-state index contributed by atoms with van der Waals surface area (Å²) in [5, 5.41) is 7.85. The summed E-state index contributed by atoms with van der Waals surface area (Å²) >= 11 is 6.10. The summed E-state index contributed by atoms with van der Waals surface area (Å²) in [6.07, 6.45) is 0.369. The van der Waals surface area contributed by atoms with Crippen LogP contribution in [0.1, 0.15) is 31.4 Å². The summed E-state index contributed by atoms with van der Waals surface area (Å²) in [5.74, 6) is 0.754. The largest absolute Gasteiger partial charge is 0.496 e. The van der Waals surface area contributed by atoms with Crippen molar-refractivity contribution in [1.82, 2.24) is 10.2 Å². The molecule has 29 heavy (non-hydrogen) atoms. The van der Waals surface area contributed by atoms with E-state index in [2.05, 4.69) is 10.5 Å². The molecule has 0 fully saturated rings. The van der Waals surface area contributed by atoms with Crippen LogP contribution in [0.5, 0.6) is 5.75 Å². The van der Waals surface area contributed by atoms with E-state index in [0.717, 1.165) is 22.6 Å². The van der Waals surface area contributed by atoms with Gasteiger partial charge in [-0.1, -0.05) is 41.0 Å². The Bertz CT molecular complexity index is 885. The Kier molecular flexibility index (Phi) is 6.99. The van der Waals surface area contributed by atoms with Crippen molar-refractivity contribution in [3.63, 3.8) is 0 Å². The first-order valence-corrected chi connectivity index (χ1v) is 10.00. The number of oxime groups is 1. The van der Waals surface area contributed by atoms with Crippen LogP contribution < -0.4 is 10.1 Å². The van der Waals surface area contributed by atoms with E-state index in [1.165, 1.54) is 0 Å². The maximum Gasteiger partial charge on any atom is 0.318 e. The standard InChI is InChI=1S/C22H26ClN3O3/c1-15(2)24-22(27)26(13-16-7-6-8-17(23)11-16)14-18-12-20(25-29-18)19-9-4-5-10-21(19)28-3/h4-11,15,18H,12-14H2,1-3H3,(H,24,27)/t18-/m0/s1.